The molecular weight excluding hydrogens is 351 g/mol. The van der Waals surface area contributed by atoms with Crippen molar-refractivity contribution in [2.24, 2.45) is 0 Å². The maximum absolute atomic E-state index is 11.5. The molecule has 2 aromatic heterocycles. The SMILES string of the molecule is O=c1[nH]cnc2c1ncn2[C@@H]1C[C@H](O)[C@@H](CI)O1. The van der Waals surface area contributed by atoms with Crippen LogP contribution >= 0.6 is 22.6 Å². The van der Waals surface area contributed by atoms with Crippen LogP contribution in [0.3, 0.4) is 0 Å². The van der Waals surface area contributed by atoms with Crippen molar-refractivity contribution in [3.63, 3.8) is 0 Å². The van der Waals surface area contributed by atoms with Crippen LogP contribution in [0.1, 0.15) is 12.6 Å². The Hall–Kier alpha value is -1.00. The standard InChI is InChI=1S/C10H11IN4O3/c11-2-6-5(16)1-7(18-6)15-4-14-8-9(15)12-3-13-10(8)17/h3-7,16H,1-2H2,(H,12,13,17)/t5-,6+,7-/m0/s1. The molecule has 0 saturated carbocycles. The van der Waals surface area contributed by atoms with Gasteiger partial charge in [-0.2, -0.15) is 0 Å². The molecule has 1 aliphatic heterocycles. The van der Waals surface area contributed by atoms with E-state index in [1.165, 1.54) is 12.7 Å². The first kappa shape index (κ1) is 12.1. The van der Waals surface area contributed by atoms with E-state index in [1.807, 2.05) is 0 Å². The van der Waals surface area contributed by atoms with Crippen LogP contribution in [0.5, 0.6) is 0 Å². The van der Waals surface area contributed by atoms with Gasteiger partial charge in [0, 0.05) is 10.8 Å². The van der Waals surface area contributed by atoms with Crippen LogP contribution in [-0.4, -0.2) is 41.3 Å². The van der Waals surface area contributed by atoms with Gasteiger partial charge in [-0.05, 0) is 0 Å². The van der Waals surface area contributed by atoms with Crippen molar-refractivity contribution < 1.29 is 9.84 Å². The predicted octanol–water partition coefficient (Wildman–Crippen LogP) is 0.203. The molecule has 0 unspecified atom stereocenters. The summed E-state index contributed by atoms with van der Waals surface area (Å²) in [4.78, 5) is 22.1. The Kier molecular flexibility index (Phi) is 3.08. The van der Waals surface area contributed by atoms with Crippen LogP contribution in [0.25, 0.3) is 11.2 Å². The summed E-state index contributed by atoms with van der Waals surface area (Å²) in [5, 5.41) is 9.83. The van der Waals surface area contributed by atoms with Gasteiger partial charge in [-0.25, -0.2) is 9.97 Å². The third-order valence-corrected chi connectivity index (χ3v) is 3.90. The number of aromatic amines is 1. The van der Waals surface area contributed by atoms with Crippen molar-refractivity contribution in [2.75, 3.05) is 4.43 Å². The summed E-state index contributed by atoms with van der Waals surface area (Å²) in [7, 11) is 0. The Balaban J connectivity index is 2.01. The molecule has 2 N–H and O–H groups in total. The molecule has 0 aliphatic carbocycles. The van der Waals surface area contributed by atoms with Crippen LogP contribution < -0.4 is 5.56 Å². The van der Waals surface area contributed by atoms with Gasteiger partial charge in [-0.3, -0.25) is 9.36 Å². The number of imidazole rings is 1. The Morgan fingerprint density at radius 2 is 2.44 bits per heavy atom. The predicted molar refractivity (Wildman–Crippen MR) is 71.6 cm³/mol. The number of aliphatic hydroxyl groups excluding tert-OH is 1. The van der Waals surface area contributed by atoms with E-state index in [-0.39, 0.29) is 23.4 Å². The number of hydrogen-bond acceptors (Lipinski definition) is 5. The van der Waals surface area contributed by atoms with Gasteiger partial charge in [0.2, 0.25) is 0 Å². The van der Waals surface area contributed by atoms with Gasteiger partial charge in [0.15, 0.2) is 11.2 Å². The Bertz CT molecular complexity index is 625. The van der Waals surface area contributed by atoms with E-state index in [2.05, 4.69) is 37.5 Å². The minimum atomic E-state index is -0.494. The van der Waals surface area contributed by atoms with Crippen molar-refractivity contribution >= 4 is 33.8 Å². The minimum Gasteiger partial charge on any atom is -0.390 e. The van der Waals surface area contributed by atoms with Crippen molar-refractivity contribution in [1.29, 1.82) is 0 Å². The Labute approximate surface area is 115 Å². The molecule has 96 valence electrons. The van der Waals surface area contributed by atoms with Gasteiger partial charge < -0.3 is 14.8 Å². The molecule has 0 bridgehead atoms. The average molecular weight is 362 g/mol. The highest BCUT2D eigenvalue weighted by molar-refractivity contribution is 14.1. The fourth-order valence-corrected chi connectivity index (χ4v) is 2.89. The van der Waals surface area contributed by atoms with E-state index in [9.17, 15) is 9.90 Å². The Morgan fingerprint density at radius 1 is 1.61 bits per heavy atom. The summed E-state index contributed by atoms with van der Waals surface area (Å²) in [6.07, 6.45) is 2.35. The lowest BCUT2D eigenvalue weighted by atomic mass is 10.2. The highest BCUT2D eigenvalue weighted by Crippen LogP contribution is 2.30. The lowest BCUT2D eigenvalue weighted by molar-refractivity contribution is -0.00221. The van der Waals surface area contributed by atoms with Crippen LogP contribution in [0.2, 0.25) is 0 Å². The second kappa shape index (κ2) is 4.59. The zero-order valence-electron chi connectivity index (χ0n) is 9.28. The summed E-state index contributed by atoms with van der Waals surface area (Å²) < 4.78 is 8.14. The number of ether oxygens (including phenoxy) is 1. The van der Waals surface area contributed by atoms with Gasteiger partial charge in [-0.1, -0.05) is 22.6 Å². The van der Waals surface area contributed by atoms with Crippen molar-refractivity contribution in [3.8, 4) is 0 Å². The molecule has 8 heteroatoms. The normalized spacial score (nSPS) is 28.0. The molecule has 0 spiro atoms. The number of fused-ring (bicyclic) bond motifs is 1. The Morgan fingerprint density at radius 3 is 3.17 bits per heavy atom. The van der Waals surface area contributed by atoms with Gasteiger partial charge in [0.05, 0.1) is 24.9 Å². The molecule has 1 aliphatic rings. The first-order valence-corrected chi connectivity index (χ1v) is 7.03. The summed E-state index contributed by atoms with van der Waals surface area (Å²) in [6, 6.07) is 0. The summed E-state index contributed by atoms with van der Waals surface area (Å²) >= 11 is 2.18. The highest BCUT2D eigenvalue weighted by atomic mass is 127. The number of rotatable bonds is 2. The average Bonchev–Trinajstić information content (AvgIpc) is 2.93. The number of halogens is 1. The molecule has 7 nitrogen and oxygen atoms in total. The van der Waals surface area contributed by atoms with Gasteiger partial charge in [-0.15, -0.1) is 0 Å². The van der Waals surface area contributed by atoms with E-state index in [4.69, 9.17) is 4.74 Å². The summed E-state index contributed by atoms with van der Waals surface area (Å²) in [5.41, 5.74) is 0.487. The van der Waals surface area contributed by atoms with E-state index in [0.717, 1.165) is 4.43 Å². The van der Waals surface area contributed by atoms with Gasteiger partial charge in [0.25, 0.3) is 5.56 Å². The third kappa shape index (κ3) is 1.84. The van der Waals surface area contributed by atoms with E-state index in [0.29, 0.717) is 12.1 Å². The highest BCUT2D eigenvalue weighted by Gasteiger charge is 2.34. The second-order valence-electron chi connectivity index (χ2n) is 4.14. The van der Waals surface area contributed by atoms with Crippen molar-refractivity contribution in [1.82, 2.24) is 19.5 Å². The molecule has 1 saturated heterocycles. The number of hydrogen-bond donors (Lipinski definition) is 2. The molecule has 3 atom stereocenters. The van der Waals surface area contributed by atoms with Crippen LogP contribution in [0, 0.1) is 0 Å². The number of nitrogens with zero attached hydrogens (tertiary/aromatic N) is 3. The maximum Gasteiger partial charge on any atom is 0.278 e. The number of aliphatic hydroxyl groups is 1. The molecule has 2 aromatic rings. The molecule has 0 amide bonds. The molecule has 1 fully saturated rings. The number of aromatic nitrogens is 4. The van der Waals surface area contributed by atoms with E-state index >= 15 is 0 Å². The minimum absolute atomic E-state index is 0.185. The smallest absolute Gasteiger partial charge is 0.278 e. The zero-order chi connectivity index (χ0) is 12.7. The summed E-state index contributed by atoms with van der Waals surface area (Å²) in [5.74, 6) is 0. The maximum atomic E-state index is 11.5. The van der Waals surface area contributed by atoms with Crippen LogP contribution in [0.15, 0.2) is 17.4 Å². The third-order valence-electron chi connectivity index (χ3n) is 3.03. The topological polar surface area (TPSA) is 93.0 Å². The van der Waals surface area contributed by atoms with Crippen LogP contribution in [-0.2, 0) is 4.74 Å². The number of H-pyrrole nitrogens is 1. The summed E-state index contributed by atoms with van der Waals surface area (Å²) in [6.45, 7) is 0. The number of nitrogens with one attached hydrogen (secondary N) is 1. The van der Waals surface area contributed by atoms with Crippen LogP contribution in [0.4, 0.5) is 0 Å². The van der Waals surface area contributed by atoms with Crippen molar-refractivity contribution in [3.05, 3.63) is 23.0 Å². The largest absolute Gasteiger partial charge is 0.390 e. The first-order chi connectivity index (χ1) is 8.70. The molecule has 0 radical (unpaired) electrons. The molecule has 0 aromatic carbocycles. The van der Waals surface area contributed by atoms with Crippen molar-refractivity contribution in [2.45, 2.75) is 24.9 Å². The number of alkyl halides is 1. The fraction of sp³-hybridized carbons (Fsp3) is 0.500. The van der Waals surface area contributed by atoms with E-state index < -0.39 is 6.10 Å². The molecule has 3 rings (SSSR count). The first-order valence-electron chi connectivity index (χ1n) is 5.50. The fourth-order valence-electron chi connectivity index (χ4n) is 2.10. The molecular formula is C10H11IN4O3. The molecule has 18 heavy (non-hydrogen) atoms. The van der Waals surface area contributed by atoms with Gasteiger partial charge >= 0.3 is 0 Å². The van der Waals surface area contributed by atoms with E-state index in [1.54, 1.807) is 4.57 Å². The monoisotopic (exact) mass is 362 g/mol. The quantitative estimate of drug-likeness (QED) is 0.588. The van der Waals surface area contributed by atoms with Gasteiger partial charge in [0.1, 0.15) is 6.23 Å². The molecule has 3 heterocycles. The zero-order valence-corrected chi connectivity index (χ0v) is 11.4. The second-order valence-corrected chi connectivity index (χ2v) is 5.02. The lowest BCUT2D eigenvalue weighted by Crippen LogP contribution is -2.21. The lowest BCUT2D eigenvalue weighted by Gasteiger charge is -2.13.